The van der Waals surface area contributed by atoms with Crippen molar-refractivity contribution in [3.05, 3.63) is 30.5 Å². The van der Waals surface area contributed by atoms with Gasteiger partial charge in [0.2, 0.25) is 0 Å². The zero-order valence-electron chi connectivity index (χ0n) is 14.2. The molecule has 132 valence electrons. The number of hydrogen-bond acceptors (Lipinski definition) is 5. The van der Waals surface area contributed by atoms with Crippen LogP contribution in [-0.2, 0) is 28.4 Å². The fourth-order valence-corrected chi connectivity index (χ4v) is 4.14. The van der Waals surface area contributed by atoms with Crippen LogP contribution in [0.5, 0.6) is 0 Å². The lowest BCUT2D eigenvalue weighted by Gasteiger charge is -2.31. The van der Waals surface area contributed by atoms with Crippen molar-refractivity contribution < 1.29 is 13.2 Å². The van der Waals surface area contributed by atoms with Crippen molar-refractivity contribution >= 4 is 10.0 Å². The highest BCUT2D eigenvalue weighted by molar-refractivity contribution is 7.89. The average Bonchev–Trinajstić information content (AvgIpc) is 3.16. The molecule has 2 aromatic rings. The number of sulfonamides is 1. The molecule has 0 aromatic carbocycles. The number of rotatable bonds is 5. The Morgan fingerprint density at radius 2 is 2.17 bits per heavy atom. The van der Waals surface area contributed by atoms with Crippen molar-refractivity contribution in [3.63, 3.8) is 0 Å². The van der Waals surface area contributed by atoms with E-state index in [1.165, 1.54) is 4.31 Å². The summed E-state index contributed by atoms with van der Waals surface area (Å²) in [5.74, 6) is 0.424. The van der Waals surface area contributed by atoms with E-state index in [1.54, 1.807) is 23.4 Å². The lowest BCUT2D eigenvalue weighted by molar-refractivity contribution is -0.00265. The third-order valence-electron chi connectivity index (χ3n) is 3.92. The standard InChI is InChI=1S/C15H23N5O3S/c1-12(2)7-19-10-15(16-11-19)24(21,22)20-4-5-23-14(9-20)13-6-17-18(3)8-13/h6,8,10-12,14H,4-5,7,9H2,1-3H3/t14-/m0/s1. The molecule has 0 unspecified atom stereocenters. The Labute approximate surface area is 142 Å². The number of morpholine rings is 1. The molecule has 0 N–H and O–H groups in total. The highest BCUT2D eigenvalue weighted by Crippen LogP contribution is 2.25. The topological polar surface area (TPSA) is 82.2 Å². The zero-order chi connectivity index (χ0) is 17.3. The second kappa shape index (κ2) is 6.66. The van der Waals surface area contributed by atoms with Crippen molar-refractivity contribution in [2.45, 2.75) is 31.5 Å². The molecule has 0 radical (unpaired) electrons. The second-order valence-electron chi connectivity index (χ2n) is 6.47. The number of hydrogen-bond donors (Lipinski definition) is 0. The molecule has 24 heavy (non-hydrogen) atoms. The minimum atomic E-state index is -3.62. The molecule has 0 aliphatic carbocycles. The number of imidazole rings is 1. The first-order valence-electron chi connectivity index (χ1n) is 7.98. The van der Waals surface area contributed by atoms with Gasteiger partial charge < -0.3 is 9.30 Å². The van der Waals surface area contributed by atoms with E-state index in [2.05, 4.69) is 23.9 Å². The van der Waals surface area contributed by atoms with Crippen LogP contribution in [0.3, 0.4) is 0 Å². The van der Waals surface area contributed by atoms with Crippen LogP contribution in [0.15, 0.2) is 29.9 Å². The summed E-state index contributed by atoms with van der Waals surface area (Å²) in [7, 11) is -1.80. The van der Waals surface area contributed by atoms with Gasteiger partial charge in [-0.15, -0.1) is 0 Å². The van der Waals surface area contributed by atoms with Gasteiger partial charge in [-0.05, 0) is 5.92 Å². The molecule has 1 aliphatic heterocycles. The molecule has 1 atom stereocenters. The van der Waals surface area contributed by atoms with Crippen molar-refractivity contribution in [1.82, 2.24) is 23.6 Å². The smallest absolute Gasteiger partial charge is 0.262 e. The van der Waals surface area contributed by atoms with Crippen LogP contribution in [-0.4, -0.2) is 51.8 Å². The van der Waals surface area contributed by atoms with E-state index in [1.807, 2.05) is 17.8 Å². The van der Waals surface area contributed by atoms with E-state index in [-0.39, 0.29) is 17.7 Å². The Bertz CT molecular complexity index is 796. The predicted octanol–water partition coefficient (Wildman–Crippen LogP) is 1.03. The SMILES string of the molecule is CC(C)Cn1cnc(S(=O)(=O)N2CCO[C@H](c3cnn(C)c3)C2)c1. The molecule has 1 fully saturated rings. The molecular weight excluding hydrogens is 330 g/mol. The number of aromatic nitrogens is 4. The first-order chi connectivity index (χ1) is 11.4. The molecule has 3 rings (SSSR count). The van der Waals surface area contributed by atoms with Crippen LogP contribution in [0.4, 0.5) is 0 Å². The molecule has 1 aliphatic rings. The maximum absolute atomic E-state index is 12.8. The van der Waals surface area contributed by atoms with Gasteiger partial charge in [-0.1, -0.05) is 13.8 Å². The molecule has 0 spiro atoms. The lowest BCUT2D eigenvalue weighted by Crippen LogP contribution is -2.42. The van der Waals surface area contributed by atoms with Gasteiger partial charge in [0.05, 0.1) is 25.2 Å². The van der Waals surface area contributed by atoms with Crippen LogP contribution >= 0.6 is 0 Å². The number of nitrogens with zero attached hydrogens (tertiary/aromatic N) is 5. The summed E-state index contributed by atoms with van der Waals surface area (Å²) in [4.78, 5) is 4.09. The first kappa shape index (κ1) is 17.1. The minimum Gasteiger partial charge on any atom is -0.371 e. The first-order valence-corrected chi connectivity index (χ1v) is 9.42. The summed E-state index contributed by atoms with van der Waals surface area (Å²) in [6.45, 7) is 5.85. The van der Waals surface area contributed by atoms with E-state index in [0.717, 1.165) is 12.1 Å². The largest absolute Gasteiger partial charge is 0.371 e. The van der Waals surface area contributed by atoms with Crippen LogP contribution in [0, 0.1) is 5.92 Å². The fourth-order valence-electron chi connectivity index (χ4n) is 2.78. The van der Waals surface area contributed by atoms with Gasteiger partial charge in [-0.25, -0.2) is 13.4 Å². The Kier molecular flexibility index (Phi) is 4.75. The monoisotopic (exact) mass is 353 g/mol. The summed E-state index contributed by atoms with van der Waals surface area (Å²) >= 11 is 0. The second-order valence-corrected chi connectivity index (χ2v) is 8.36. The lowest BCUT2D eigenvalue weighted by atomic mass is 10.2. The summed E-state index contributed by atoms with van der Waals surface area (Å²) < 4.78 is 36.3. The molecule has 0 saturated carbocycles. The van der Waals surface area contributed by atoms with Gasteiger partial charge in [-0.2, -0.15) is 9.40 Å². The summed E-state index contributed by atoms with van der Waals surface area (Å²) in [6, 6.07) is 0. The Balaban J connectivity index is 1.77. The van der Waals surface area contributed by atoms with Gasteiger partial charge in [-0.3, -0.25) is 4.68 Å². The quantitative estimate of drug-likeness (QED) is 0.802. The summed E-state index contributed by atoms with van der Waals surface area (Å²) in [5, 5.41) is 4.21. The fraction of sp³-hybridized carbons (Fsp3) is 0.600. The van der Waals surface area contributed by atoms with E-state index in [4.69, 9.17) is 4.74 Å². The Hall–Kier alpha value is -1.71. The maximum atomic E-state index is 12.8. The molecule has 0 bridgehead atoms. The van der Waals surface area contributed by atoms with Gasteiger partial charge in [0, 0.05) is 44.6 Å². The molecule has 0 amide bonds. The van der Waals surface area contributed by atoms with Gasteiger partial charge in [0.1, 0.15) is 0 Å². The summed E-state index contributed by atoms with van der Waals surface area (Å²) in [6.07, 6.45) is 6.42. The Morgan fingerprint density at radius 3 is 2.83 bits per heavy atom. The maximum Gasteiger partial charge on any atom is 0.262 e. The normalized spacial score (nSPS) is 19.9. The van der Waals surface area contributed by atoms with Crippen molar-refractivity contribution in [2.24, 2.45) is 13.0 Å². The van der Waals surface area contributed by atoms with Crippen molar-refractivity contribution in [3.8, 4) is 0 Å². The molecule has 3 heterocycles. The number of ether oxygens (including phenoxy) is 1. The van der Waals surface area contributed by atoms with Crippen molar-refractivity contribution in [2.75, 3.05) is 19.7 Å². The van der Waals surface area contributed by atoms with Gasteiger partial charge >= 0.3 is 0 Å². The third-order valence-corrected chi connectivity index (χ3v) is 5.67. The third kappa shape index (κ3) is 3.52. The molecule has 8 nitrogen and oxygen atoms in total. The molecule has 1 saturated heterocycles. The highest BCUT2D eigenvalue weighted by atomic mass is 32.2. The Morgan fingerprint density at radius 1 is 1.38 bits per heavy atom. The van der Waals surface area contributed by atoms with Crippen LogP contribution < -0.4 is 0 Å². The van der Waals surface area contributed by atoms with Gasteiger partial charge in [0.15, 0.2) is 5.03 Å². The van der Waals surface area contributed by atoms with E-state index in [9.17, 15) is 8.42 Å². The molecular formula is C15H23N5O3S. The highest BCUT2D eigenvalue weighted by Gasteiger charge is 2.33. The van der Waals surface area contributed by atoms with Crippen molar-refractivity contribution in [1.29, 1.82) is 0 Å². The molecule has 2 aromatic heterocycles. The van der Waals surface area contributed by atoms with Crippen LogP contribution in [0.1, 0.15) is 25.5 Å². The van der Waals surface area contributed by atoms with E-state index in [0.29, 0.717) is 19.1 Å². The number of aryl methyl sites for hydroxylation is 1. The summed E-state index contributed by atoms with van der Waals surface area (Å²) in [5.41, 5.74) is 0.878. The average molecular weight is 353 g/mol. The van der Waals surface area contributed by atoms with E-state index >= 15 is 0 Å². The molecule has 9 heteroatoms. The zero-order valence-corrected chi connectivity index (χ0v) is 15.0. The minimum absolute atomic E-state index is 0.0926. The van der Waals surface area contributed by atoms with Crippen LogP contribution in [0.2, 0.25) is 0 Å². The predicted molar refractivity (Wildman–Crippen MR) is 87.7 cm³/mol. The van der Waals surface area contributed by atoms with Crippen LogP contribution in [0.25, 0.3) is 0 Å². The van der Waals surface area contributed by atoms with Gasteiger partial charge in [0.25, 0.3) is 10.0 Å². The van der Waals surface area contributed by atoms with E-state index < -0.39 is 10.0 Å².